The lowest BCUT2D eigenvalue weighted by Crippen LogP contribution is -2.37. The zero-order valence-corrected chi connectivity index (χ0v) is 21.7. The minimum Gasteiger partial charge on any atom is -0.362 e. The predicted molar refractivity (Wildman–Crippen MR) is 150 cm³/mol. The smallest absolute Gasteiger partial charge is 0.225 e. The molecule has 0 spiro atoms. The molecule has 1 aromatic heterocycles. The quantitative estimate of drug-likeness (QED) is 0.336. The second-order valence-electron chi connectivity index (χ2n) is 10.4. The standard InChI is InChI=1S/C31H31N5O2/c1-36(2)30-25-9-5-6-10-27(25)34-31(35-30)33-21-14-12-20(13-15-21)32-18-19-11-16-24-26(17-19)29(38)23-8-4-3-7-22(23)28(24)37/h3-11,16-17,20-21,32H,12-15,18H2,1-2H3,(H,33,34,35)/t20-,21+. The maximum atomic E-state index is 13.0. The Balaban J connectivity index is 1.07. The van der Waals surface area contributed by atoms with Crippen LogP contribution in [0.15, 0.2) is 66.7 Å². The van der Waals surface area contributed by atoms with E-state index < -0.39 is 0 Å². The van der Waals surface area contributed by atoms with Crippen molar-refractivity contribution in [1.82, 2.24) is 15.3 Å². The summed E-state index contributed by atoms with van der Waals surface area (Å²) in [5, 5.41) is 8.28. The van der Waals surface area contributed by atoms with E-state index in [-0.39, 0.29) is 11.6 Å². The minimum atomic E-state index is -0.0753. The normalized spacial score (nSPS) is 18.7. The van der Waals surface area contributed by atoms with E-state index in [2.05, 4.69) is 16.7 Å². The third-order valence-corrected chi connectivity index (χ3v) is 7.65. The number of hydrogen-bond donors (Lipinski definition) is 2. The second kappa shape index (κ2) is 9.99. The van der Waals surface area contributed by atoms with Crippen LogP contribution >= 0.6 is 0 Å². The van der Waals surface area contributed by atoms with E-state index in [1.807, 2.05) is 49.3 Å². The first kappa shape index (κ1) is 24.2. The number of ketones is 2. The summed E-state index contributed by atoms with van der Waals surface area (Å²) < 4.78 is 0. The number of rotatable bonds is 6. The van der Waals surface area contributed by atoms with E-state index >= 15 is 0 Å². The molecule has 7 nitrogen and oxygen atoms in total. The van der Waals surface area contributed by atoms with Gasteiger partial charge in [-0.1, -0.05) is 42.5 Å². The van der Waals surface area contributed by atoms with Gasteiger partial charge in [0.15, 0.2) is 11.6 Å². The van der Waals surface area contributed by atoms with Gasteiger partial charge in [-0.3, -0.25) is 9.59 Å². The van der Waals surface area contributed by atoms with Gasteiger partial charge in [0.25, 0.3) is 0 Å². The number of hydrogen-bond acceptors (Lipinski definition) is 7. The summed E-state index contributed by atoms with van der Waals surface area (Å²) in [6.07, 6.45) is 4.14. The average Bonchev–Trinajstić information content (AvgIpc) is 2.95. The molecule has 0 atom stereocenters. The fraction of sp³-hybridized carbons (Fsp3) is 0.290. The largest absolute Gasteiger partial charge is 0.362 e. The second-order valence-corrected chi connectivity index (χ2v) is 10.4. The van der Waals surface area contributed by atoms with Crippen molar-refractivity contribution in [1.29, 1.82) is 0 Å². The Kier molecular flexibility index (Phi) is 6.37. The first-order valence-corrected chi connectivity index (χ1v) is 13.2. The Labute approximate surface area is 222 Å². The highest BCUT2D eigenvalue weighted by atomic mass is 16.1. The summed E-state index contributed by atoms with van der Waals surface area (Å²) in [5.74, 6) is 1.45. The van der Waals surface area contributed by atoms with Gasteiger partial charge in [-0.15, -0.1) is 0 Å². The molecule has 0 unspecified atom stereocenters. The van der Waals surface area contributed by atoms with Gasteiger partial charge in [-0.05, 0) is 55.5 Å². The van der Waals surface area contributed by atoms with Gasteiger partial charge >= 0.3 is 0 Å². The lowest BCUT2D eigenvalue weighted by Gasteiger charge is -2.30. The molecule has 0 amide bonds. The van der Waals surface area contributed by atoms with E-state index in [1.54, 1.807) is 30.3 Å². The van der Waals surface area contributed by atoms with Crippen molar-refractivity contribution in [3.05, 3.63) is 94.5 Å². The van der Waals surface area contributed by atoms with Crippen LogP contribution in [0, 0.1) is 0 Å². The molecule has 4 aromatic rings. The van der Waals surface area contributed by atoms with E-state index in [1.165, 1.54) is 0 Å². The van der Waals surface area contributed by atoms with Crippen molar-refractivity contribution >= 4 is 34.2 Å². The molecule has 38 heavy (non-hydrogen) atoms. The Morgan fingerprint density at radius 1 is 0.763 bits per heavy atom. The van der Waals surface area contributed by atoms with Crippen LogP contribution in [0.1, 0.15) is 63.1 Å². The zero-order chi connectivity index (χ0) is 26.2. The number of aromatic nitrogens is 2. The van der Waals surface area contributed by atoms with Crippen LogP contribution in [0.4, 0.5) is 11.8 Å². The molecule has 192 valence electrons. The molecular weight excluding hydrogens is 474 g/mol. The van der Waals surface area contributed by atoms with Gasteiger partial charge in [0.05, 0.1) is 5.52 Å². The third kappa shape index (κ3) is 4.54. The topological polar surface area (TPSA) is 87.2 Å². The Morgan fingerprint density at radius 2 is 1.39 bits per heavy atom. The van der Waals surface area contributed by atoms with Crippen molar-refractivity contribution in [2.24, 2.45) is 0 Å². The molecule has 2 aliphatic carbocycles. The van der Waals surface area contributed by atoms with Crippen LogP contribution in [0.3, 0.4) is 0 Å². The van der Waals surface area contributed by atoms with Gasteiger partial charge in [0.1, 0.15) is 5.82 Å². The Bertz CT molecular complexity index is 1540. The van der Waals surface area contributed by atoms with Gasteiger partial charge in [-0.25, -0.2) is 4.98 Å². The fourth-order valence-corrected chi connectivity index (χ4v) is 5.61. The highest BCUT2D eigenvalue weighted by Gasteiger charge is 2.29. The zero-order valence-electron chi connectivity index (χ0n) is 21.7. The molecule has 1 heterocycles. The number of benzene rings is 3. The van der Waals surface area contributed by atoms with E-state index in [9.17, 15) is 9.59 Å². The molecule has 6 rings (SSSR count). The summed E-state index contributed by atoms with van der Waals surface area (Å²) in [4.78, 5) is 37.5. The first-order chi connectivity index (χ1) is 18.5. The van der Waals surface area contributed by atoms with E-state index in [0.717, 1.165) is 48.0 Å². The van der Waals surface area contributed by atoms with E-state index in [0.29, 0.717) is 46.8 Å². The summed E-state index contributed by atoms with van der Waals surface area (Å²) in [7, 11) is 4.01. The fourth-order valence-electron chi connectivity index (χ4n) is 5.61. The monoisotopic (exact) mass is 505 g/mol. The summed E-state index contributed by atoms with van der Waals surface area (Å²) >= 11 is 0. The van der Waals surface area contributed by atoms with Crippen LogP contribution < -0.4 is 15.5 Å². The van der Waals surface area contributed by atoms with Gasteiger partial charge < -0.3 is 15.5 Å². The number of carbonyl (C=O) groups is 2. The van der Waals surface area contributed by atoms with E-state index in [4.69, 9.17) is 9.97 Å². The van der Waals surface area contributed by atoms with Crippen molar-refractivity contribution < 1.29 is 9.59 Å². The molecule has 0 saturated heterocycles. The lowest BCUT2D eigenvalue weighted by molar-refractivity contribution is 0.0979. The van der Waals surface area contributed by atoms with Crippen molar-refractivity contribution in [3.8, 4) is 0 Å². The lowest BCUT2D eigenvalue weighted by atomic mass is 9.83. The molecule has 1 saturated carbocycles. The molecule has 1 fully saturated rings. The maximum Gasteiger partial charge on any atom is 0.225 e. The van der Waals surface area contributed by atoms with Crippen molar-refractivity contribution in [2.45, 2.75) is 44.3 Å². The van der Waals surface area contributed by atoms with Crippen LogP contribution in [0.25, 0.3) is 10.9 Å². The van der Waals surface area contributed by atoms with Crippen LogP contribution in [0.5, 0.6) is 0 Å². The Morgan fingerprint density at radius 3 is 2.13 bits per heavy atom. The number of fused-ring (bicyclic) bond motifs is 3. The van der Waals surface area contributed by atoms with Crippen molar-refractivity contribution in [3.63, 3.8) is 0 Å². The number of nitrogens with zero attached hydrogens (tertiary/aromatic N) is 3. The summed E-state index contributed by atoms with van der Waals surface area (Å²) in [5.41, 5.74) is 3.95. The number of anilines is 2. The molecular formula is C31H31N5O2. The highest BCUT2D eigenvalue weighted by molar-refractivity contribution is 6.28. The van der Waals surface area contributed by atoms with Crippen molar-refractivity contribution in [2.75, 3.05) is 24.3 Å². The van der Waals surface area contributed by atoms with Crippen LogP contribution in [-0.2, 0) is 6.54 Å². The van der Waals surface area contributed by atoms with Crippen LogP contribution in [0.2, 0.25) is 0 Å². The van der Waals surface area contributed by atoms with Gasteiger partial charge in [-0.2, -0.15) is 4.98 Å². The number of para-hydroxylation sites is 1. The minimum absolute atomic E-state index is 0.0723. The van der Waals surface area contributed by atoms with Crippen LogP contribution in [-0.4, -0.2) is 47.7 Å². The highest BCUT2D eigenvalue weighted by Crippen LogP contribution is 2.29. The Hall–Kier alpha value is -4.10. The molecule has 0 bridgehead atoms. The summed E-state index contributed by atoms with van der Waals surface area (Å²) in [6.45, 7) is 0.666. The number of nitrogens with one attached hydrogen (secondary N) is 2. The first-order valence-electron chi connectivity index (χ1n) is 13.2. The molecule has 3 aromatic carbocycles. The molecule has 7 heteroatoms. The van der Waals surface area contributed by atoms with Gasteiger partial charge in [0, 0.05) is 60.4 Å². The molecule has 0 radical (unpaired) electrons. The average molecular weight is 506 g/mol. The molecule has 2 N–H and O–H groups in total. The number of carbonyl (C=O) groups excluding carboxylic acids is 2. The summed E-state index contributed by atoms with van der Waals surface area (Å²) in [6, 6.07) is 21.5. The maximum absolute atomic E-state index is 13.0. The predicted octanol–water partition coefficient (Wildman–Crippen LogP) is 4.98. The molecule has 0 aliphatic heterocycles. The SMILES string of the molecule is CN(C)c1nc(N[C@H]2CC[C@@H](NCc3ccc4c(c3)C(=O)c3ccccc3C4=O)CC2)nc2ccccc12. The third-order valence-electron chi connectivity index (χ3n) is 7.65. The van der Waals surface area contributed by atoms with Gasteiger partial charge in [0.2, 0.25) is 5.95 Å². The molecule has 2 aliphatic rings.